The molecule has 1 aromatic heterocycles. The van der Waals surface area contributed by atoms with Crippen LogP contribution in [0, 0.1) is 0 Å². The van der Waals surface area contributed by atoms with Crippen LogP contribution < -0.4 is 5.32 Å². The summed E-state index contributed by atoms with van der Waals surface area (Å²) in [5.74, 6) is 0.718. The summed E-state index contributed by atoms with van der Waals surface area (Å²) in [6.45, 7) is 2.52. The molecular formula is C24H27ClN4O2. The first-order chi connectivity index (χ1) is 15.1. The highest BCUT2D eigenvalue weighted by atomic mass is 35.5. The first-order valence-electron chi connectivity index (χ1n) is 10.9. The Morgan fingerprint density at radius 1 is 1.00 bits per heavy atom. The maximum Gasteiger partial charge on any atom is 0.251 e. The molecule has 3 aromatic rings. The summed E-state index contributed by atoms with van der Waals surface area (Å²) in [4.78, 5) is 32.0. The van der Waals surface area contributed by atoms with Crippen LogP contribution in [0.25, 0.3) is 11.0 Å². The summed E-state index contributed by atoms with van der Waals surface area (Å²) in [5, 5.41) is 3.45. The van der Waals surface area contributed by atoms with Gasteiger partial charge in [-0.25, -0.2) is 4.98 Å². The summed E-state index contributed by atoms with van der Waals surface area (Å²) >= 11 is 6.00. The number of benzene rings is 2. The predicted molar refractivity (Wildman–Crippen MR) is 122 cm³/mol. The average Bonchev–Trinajstić information content (AvgIpc) is 2.93. The fourth-order valence-corrected chi connectivity index (χ4v) is 4.28. The Kier molecular flexibility index (Phi) is 6.87. The fourth-order valence-electron chi connectivity index (χ4n) is 4.09. The van der Waals surface area contributed by atoms with Gasteiger partial charge >= 0.3 is 0 Å². The minimum atomic E-state index is -0.207. The Labute approximate surface area is 187 Å². The van der Waals surface area contributed by atoms with Crippen molar-refractivity contribution in [3.05, 3.63) is 64.9 Å². The molecule has 0 saturated carbocycles. The van der Waals surface area contributed by atoms with Crippen molar-refractivity contribution < 1.29 is 9.59 Å². The van der Waals surface area contributed by atoms with Crippen LogP contribution in [0.3, 0.4) is 0 Å². The predicted octanol–water partition coefficient (Wildman–Crippen LogP) is 4.41. The van der Waals surface area contributed by atoms with Crippen molar-refractivity contribution in [3.8, 4) is 0 Å². The highest BCUT2D eigenvalue weighted by Crippen LogP contribution is 2.18. The van der Waals surface area contributed by atoms with Crippen LogP contribution in [-0.2, 0) is 17.9 Å². The number of nitrogens with one attached hydrogen (secondary N) is 1. The zero-order valence-electron chi connectivity index (χ0n) is 17.5. The van der Waals surface area contributed by atoms with Gasteiger partial charge in [0.25, 0.3) is 5.91 Å². The standard InChI is InChI=1S/C24H27ClN4O2/c25-19-9-7-8-18(16-19)24(31)26-17-22-27-20-10-3-4-11-21(20)29(22)15-12-23(30)28-13-5-1-2-6-14-28/h3-4,7-11,16H,1-2,5-6,12-15,17H2,(H,26,31). The third-order valence-electron chi connectivity index (χ3n) is 5.74. The van der Waals surface area contributed by atoms with Gasteiger partial charge in [-0.15, -0.1) is 0 Å². The Balaban J connectivity index is 1.47. The van der Waals surface area contributed by atoms with E-state index in [0.717, 1.165) is 42.8 Å². The summed E-state index contributed by atoms with van der Waals surface area (Å²) in [6.07, 6.45) is 5.00. The van der Waals surface area contributed by atoms with E-state index >= 15 is 0 Å². The van der Waals surface area contributed by atoms with Gasteiger partial charge in [-0.3, -0.25) is 9.59 Å². The molecule has 2 amide bonds. The van der Waals surface area contributed by atoms with Crippen molar-refractivity contribution in [2.24, 2.45) is 0 Å². The van der Waals surface area contributed by atoms with Crippen LogP contribution >= 0.6 is 11.6 Å². The van der Waals surface area contributed by atoms with E-state index < -0.39 is 0 Å². The third-order valence-corrected chi connectivity index (χ3v) is 5.97. The number of aromatic nitrogens is 2. The SMILES string of the molecule is O=C(NCc1nc2ccccc2n1CCC(=O)N1CCCCCC1)c1cccc(Cl)c1. The number of carbonyl (C=O) groups excluding carboxylic acids is 2. The Hall–Kier alpha value is -2.86. The average molecular weight is 439 g/mol. The van der Waals surface area contributed by atoms with E-state index in [9.17, 15) is 9.59 Å². The number of likely N-dealkylation sites (tertiary alicyclic amines) is 1. The Morgan fingerprint density at radius 3 is 2.55 bits per heavy atom. The number of hydrogen-bond donors (Lipinski definition) is 1. The minimum Gasteiger partial charge on any atom is -0.345 e. The molecule has 0 aliphatic carbocycles. The molecule has 1 fully saturated rings. The number of halogens is 1. The second-order valence-corrected chi connectivity index (χ2v) is 8.34. The van der Waals surface area contributed by atoms with Crippen LogP contribution in [0.2, 0.25) is 5.02 Å². The van der Waals surface area contributed by atoms with Crippen molar-refractivity contribution in [3.63, 3.8) is 0 Å². The van der Waals surface area contributed by atoms with Gasteiger partial charge in [0.05, 0.1) is 17.6 Å². The number of carbonyl (C=O) groups is 2. The maximum absolute atomic E-state index is 12.8. The zero-order valence-corrected chi connectivity index (χ0v) is 18.3. The van der Waals surface area contributed by atoms with Crippen LogP contribution in [0.4, 0.5) is 0 Å². The Morgan fingerprint density at radius 2 is 1.77 bits per heavy atom. The van der Waals surface area contributed by atoms with Gasteiger partial charge in [-0.05, 0) is 43.2 Å². The van der Waals surface area contributed by atoms with Gasteiger partial charge < -0.3 is 14.8 Å². The van der Waals surface area contributed by atoms with E-state index in [1.807, 2.05) is 33.7 Å². The van der Waals surface area contributed by atoms with Crippen LogP contribution in [0.15, 0.2) is 48.5 Å². The van der Waals surface area contributed by atoms with Gasteiger partial charge in [-0.2, -0.15) is 0 Å². The molecule has 6 nitrogen and oxygen atoms in total. The van der Waals surface area contributed by atoms with E-state index in [0.29, 0.717) is 23.6 Å². The number of amides is 2. The zero-order chi connectivity index (χ0) is 21.6. The third kappa shape index (κ3) is 5.25. The molecule has 4 rings (SSSR count). The lowest BCUT2D eigenvalue weighted by Crippen LogP contribution is -2.32. The molecule has 31 heavy (non-hydrogen) atoms. The van der Waals surface area contributed by atoms with Gasteiger partial charge in [-0.1, -0.05) is 42.6 Å². The second-order valence-electron chi connectivity index (χ2n) is 7.91. The molecule has 1 aliphatic heterocycles. The van der Waals surface area contributed by atoms with Gasteiger partial charge in [0.15, 0.2) is 0 Å². The second kappa shape index (κ2) is 9.96. The topological polar surface area (TPSA) is 67.2 Å². The summed E-state index contributed by atoms with van der Waals surface area (Å²) in [6, 6.07) is 14.7. The normalized spacial score (nSPS) is 14.4. The van der Waals surface area contributed by atoms with Crippen LogP contribution in [-0.4, -0.2) is 39.4 Å². The Bertz CT molecular complexity index is 1070. The molecule has 0 unspecified atom stereocenters. The summed E-state index contributed by atoms with van der Waals surface area (Å²) in [5.41, 5.74) is 2.33. The smallest absolute Gasteiger partial charge is 0.251 e. The molecule has 162 valence electrons. The molecule has 1 saturated heterocycles. The lowest BCUT2D eigenvalue weighted by atomic mass is 10.2. The number of nitrogens with zero attached hydrogens (tertiary/aromatic N) is 3. The molecule has 2 heterocycles. The molecule has 7 heteroatoms. The first-order valence-corrected chi connectivity index (χ1v) is 11.3. The van der Waals surface area contributed by atoms with E-state index in [1.165, 1.54) is 12.8 Å². The monoisotopic (exact) mass is 438 g/mol. The van der Waals surface area contributed by atoms with E-state index in [2.05, 4.69) is 5.32 Å². The van der Waals surface area contributed by atoms with Gasteiger partial charge in [0.2, 0.25) is 5.91 Å². The van der Waals surface area contributed by atoms with E-state index in [4.69, 9.17) is 16.6 Å². The van der Waals surface area contributed by atoms with Gasteiger partial charge in [0, 0.05) is 36.6 Å². The quantitative estimate of drug-likeness (QED) is 0.619. The first kappa shape index (κ1) is 21.4. The molecule has 0 bridgehead atoms. The number of imidazole rings is 1. The minimum absolute atomic E-state index is 0.189. The number of para-hydroxylation sites is 2. The van der Waals surface area contributed by atoms with E-state index in [1.54, 1.807) is 24.3 Å². The molecule has 0 radical (unpaired) electrons. The molecular weight excluding hydrogens is 412 g/mol. The number of hydrogen-bond acceptors (Lipinski definition) is 3. The summed E-state index contributed by atoms with van der Waals surface area (Å²) in [7, 11) is 0. The molecule has 0 spiro atoms. The van der Waals surface area contributed by atoms with Crippen molar-refractivity contribution in [2.45, 2.75) is 45.2 Å². The molecule has 1 N–H and O–H groups in total. The van der Waals surface area contributed by atoms with E-state index in [-0.39, 0.29) is 18.4 Å². The molecule has 0 atom stereocenters. The highest BCUT2D eigenvalue weighted by Gasteiger charge is 2.18. The molecule has 2 aromatic carbocycles. The summed E-state index contributed by atoms with van der Waals surface area (Å²) < 4.78 is 2.04. The highest BCUT2D eigenvalue weighted by molar-refractivity contribution is 6.30. The van der Waals surface area contributed by atoms with Crippen LogP contribution in [0.5, 0.6) is 0 Å². The largest absolute Gasteiger partial charge is 0.345 e. The van der Waals surface area contributed by atoms with Crippen molar-refractivity contribution >= 4 is 34.4 Å². The number of fused-ring (bicyclic) bond motifs is 1. The lowest BCUT2D eigenvalue weighted by molar-refractivity contribution is -0.131. The number of rotatable bonds is 6. The van der Waals surface area contributed by atoms with Crippen LogP contribution in [0.1, 0.15) is 48.3 Å². The van der Waals surface area contributed by atoms with Crippen molar-refractivity contribution in [2.75, 3.05) is 13.1 Å². The molecule has 1 aliphatic rings. The fraction of sp³-hybridized carbons (Fsp3) is 0.375. The maximum atomic E-state index is 12.8. The lowest BCUT2D eigenvalue weighted by Gasteiger charge is -2.20. The number of aryl methyl sites for hydroxylation is 1. The van der Waals surface area contributed by atoms with Crippen molar-refractivity contribution in [1.29, 1.82) is 0 Å². The van der Waals surface area contributed by atoms with Gasteiger partial charge in [0.1, 0.15) is 5.82 Å². The van der Waals surface area contributed by atoms with Crippen molar-refractivity contribution in [1.82, 2.24) is 19.8 Å².